The number of rotatable bonds is 3. The maximum Gasteiger partial charge on any atom is 0.0619 e. The number of pyridine rings is 1. The van der Waals surface area contributed by atoms with Gasteiger partial charge in [-0.3, -0.25) is 4.98 Å². The van der Waals surface area contributed by atoms with E-state index in [4.69, 9.17) is 0 Å². The molecule has 1 aliphatic carbocycles. The van der Waals surface area contributed by atoms with E-state index in [0.29, 0.717) is 0 Å². The predicted octanol–water partition coefficient (Wildman–Crippen LogP) is 12.9. The lowest BCUT2D eigenvalue weighted by atomic mass is 10.00. The van der Waals surface area contributed by atoms with E-state index in [1.807, 2.05) is 12.4 Å². The summed E-state index contributed by atoms with van der Waals surface area (Å²) in [6, 6.07) is 60.3. The van der Waals surface area contributed by atoms with E-state index in [0.717, 1.165) is 0 Å². The van der Waals surface area contributed by atoms with Crippen molar-refractivity contribution in [1.29, 1.82) is 0 Å². The number of aromatic nitrogens is 3. The predicted molar refractivity (Wildman–Crippen MR) is 218 cm³/mol. The molecular weight excluding hydrogens is 631 g/mol. The number of benzene rings is 8. The molecule has 240 valence electrons. The zero-order valence-corrected chi connectivity index (χ0v) is 28.1. The Bertz CT molecular complexity index is 3260. The molecule has 0 saturated heterocycles. The van der Waals surface area contributed by atoms with Gasteiger partial charge in [-0.25, -0.2) is 0 Å². The first-order valence-electron chi connectivity index (χ1n) is 17.9. The quantitative estimate of drug-likeness (QED) is 0.185. The minimum atomic E-state index is 1.17. The maximum atomic E-state index is 4.49. The van der Waals surface area contributed by atoms with Crippen molar-refractivity contribution >= 4 is 65.2 Å². The molecule has 8 aromatic carbocycles. The van der Waals surface area contributed by atoms with Crippen LogP contribution in [0.25, 0.3) is 110 Å². The van der Waals surface area contributed by atoms with Crippen LogP contribution in [0.3, 0.4) is 0 Å². The van der Waals surface area contributed by atoms with Crippen LogP contribution < -0.4 is 0 Å². The summed E-state index contributed by atoms with van der Waals surface area (Å²) in [4.78, 5) is 4.49. The van der Waals surface area contributed by atoms with Crippen LogP contribution >= 0.6 is 0 Å². The highest BCUT2D eigenvalue weighted by molar-refractivity contribution is 6.22. The molecule has 3 heterocycles. The van der Waals surface area contributed by atoms with Gasteiger partial charge in [0.15, 0.2) is 0 Å². The van der Waals surface area contributed by atoms with E-state index < -0.39 is 0 Å². The summed E-state index contributed by atoms with van der Waals surface area (Å²) >= 11 is 0. The highest BCUT2D eigenvalue weighted by Gasteiger charge is 2.25. The zero-order valence-electron chi connectivity index (χ0n) is 28.1. The van der Waals surface area contributed by atoms with E-state index in [2.05, 4.69) is 178 Å². The van der Waals surface area contributed by atoms with E-state index in [-0.39, 0.29) is 0 Å². The fraction of sp³-hybridized carbons (Fsp3) is 0. The van der Waals surface area contributed by atoms with Crippen molar-refractivity contribution in [3.05, 3.63) is 176 Å². The van der Waals surface area contributed by atoms with Crippen LogP contribution in [0.15, 0.2) is 176 Å². The molecule has 0 spiro atoms. The number of para-hydroxylation sites is 2. The van der Waals surface area contributed by atoms with Gasteiger partial charge in [-0.05, 0) is 93.2 Å². The first-order valence-corrected chi connectivity index (χ1v) is 17.9. The molecule has 1 aliphatic rings. The van der Waals surface area contributed by atoms with E-state index >= 15 is 0 Å². The van der Waals surface area contributed by atoms with Crippen LogP contribution in [0.2, 0.25) is 0 Å². The van der Waals surface area contributed by atoms with Gasteiger partial charge in [0.05, 0.1) is 27.8 Å². The Morgan fingerprint density at radius 1 is 0.385 bits per heavy atom. The lowest BCUT2D eigenvalue weighted by molar-refractivity contribution is 1.18. The third kappa shape index (κ3) is 3.66. The normalized spacial score (nSPS) is 12.2. The van der Waals surface area contributed by atoms with Crippen LogP contribution in [0.4, 0.5) is 0 Å². The fourth-order valence-electron chi connectivity index (χ4n) is 9.10. The van der Waals surface area contributed by atoms with Crippen molar-refractivity contribution in [1.82, 2.24) is 14.1 Å². The molecule has 0 saturated carbocycles. The van der Waals surface area contributed by atoms with Gasteiger partial charge in [-0.1, -0.05) is 109 Å². The van der Waals surface area contributed by atoms with Gasteiger partial charge < -0.3 is 9.13 Å². The lowest BCUT2D eigenvalue weighted by Crippen LogP contribution is -1.96. The summed E-state index contributed by atoms with van der Waals surface area (Å²) in [7, 11) is 0. The monoisotopic (exact) mass is 659 g/mol. The van der Waals surface area contributed by atoms with Crippen molar-refractivity contribution in [3.63, 3.8) is 0 Å². The molecular formula is C49H29N3. The number of hydrogen-bond acceptors (Lipinski definition) is 1. The second kappa shape index (κ2) is 10.3. The standard InChI is InChI=1S/C49H29N3/c1-2-10-33(11-3-1)51-44-16-7-6-13-36(44)41-27-31(18-22-46(41)51)32-19-23-47-42(28-32)39-20-17-30-9-4-5-12-34(30)49(39)52(47)45-24-21-38-43-29-50-26-25-35(43)37-14-8-15-40(45)48(37)38/h1-29H. The van der Waals surface area contributed by atoms with Crippen molar-refractivity contribution in [3.8, 4) is 44.8 Å². The first kappa shape index (κ1) is 27.8. The molecule has 0 amide bonds. The Morgan fingerprint density at radius 3 is 1.94 bits per heavy atom. The smallest absolute Gasteiger partial charge is 0.0619 e. The van der Waals surface area contributed by atoms with Gasteiger partial charge >= 0.3 is 0 Å². The van der Waals surface area contributed by atoms with Gasteiger partial charge in [0.2, 0.25) is 0 Å². The van der Waals surface area contributed by atoms with E-state index in [9.17, 15) is 0 Å². The summed E-state index contributed by atoms with van der Waals surface area (Å²) in [5, 5.41) is 10.1. The maximum absolute atomic E-state index is 4.49. The van der Waals surface area contributed by atoms with Crippen molar-refractivity contribution in [2.45, 2.75) is 0 Å². The Hall–Kier alpha value is -6.97. The number of fused-ring (bicyclic) bond motifs is 11. The van der Waals surface area contributed by atoms with Crippen LogP contribution in [0.5, 0.6) is 0 Å². The highest BCUT2D eigenvalue weighted by Crippen LogP contribution is 2.49. The minimum absolute atomic E-state index is 1.17. The van der Waals surface area contributed by atoms with Gasteiger partial charge in [0.25, 0.3) is 0 Å². The van der Waals surface area contributed by atoms with Crippen molar-refractivity contribution in [2.75, 3.05) is 0 Å². The van der Waals surface area contributed by atoms with Crippen LogP contribution in [0.1, 0.15) is 0 Å². The topological polar surface area (TPSA) is 22.8 Å². The average molecular weight is 660 g/mol. The van der Waals surface area contributed by atoms with Crippen molar-refractivity contribution in [2.24, 2.45) is 0 Å². The minimum Gasteiger partial charge on any atom is -0.309 e. The molecule has 3 nitrogen and oxygen atoms in total. The van der Waals surface area contributed by atoms with Gasteiger partial charge in [0, 0.05) is 56.0 Å². The Balaban J connectivity index is 1.12. The molecule has 0 fully saturated rings. The van der Waals surface area contributed by atoms with Crippen LogP contribution in [-0.4, -0.2) is 14.1 Å². The third-order valence-corrected chi connectivity index (χ3v) is 11.3. The molecule has 0 atom stereocenters. The molecule has 0 N–H and O–H groups in total. The second-order valence-corrected chi connectivity index (χ2v) is 14.0. The van der Waals surface area contributed by atoms with Crippen LogP contribution in [0, 0.1) is 0 Å². The molecule has 52 heavy (non-hydrogen) atoms. The summed E-state index contributed by atoms with van der Waals surface area (Å²) in [6.07, 6.45) is 3.91. The van der Waals surface area contributed by atoms with Gasteiger partial charge in [-0.15, -0.1) is 0 Å². The molecule has 3 heteroatoms. The Kier molecular flexibility index (Phi) is 5.50. The molecule has 0 radical (unpaired) electrons. The summed E-state index contributed by atoms with van der Waals surface area (Å²) in [6.45, 7) is 0. The molecule has 0 aliphatic heterocycles. The second-order valence-electron chi connectivity index (χ2n) is 14.0. The SMILES string of the molecule is c1ccc(-n2c3ccccc3c3cc(-c4ccc5c(c4)c4ccc6ccccc6c4n5-c4ccc5c6c(cccc46)-c4ccncc4-5)ccc32)cc1. The molecule has 0 unspecified atom stereocenters. The van der Waals surface area contributed by atoms with E-state index in [1.165, 1.54) is 110 Å². The molecule has 11 aromatic rings. The molecule has 12 rings (SSSR count). The Labute approximate surface area is 299 Å². The largest absolute Gasteiger partial charge is 0.309 e. The van der Waals surface area contributed by atoms with Gasteiger partial charge in [0.1, 0.15) is 0 Å². The molecule has 3 aromatic heterocycles. The fourth-order valence-corrected chi connectivity index (χ4v) is 9.10. The molecule has 0 bridgehead atoms. The third-order valence-electron chi connectivity index (χ3n) is 11.3. The van der Waals surface area contributed by atoms with Gasteiger partial charge in [-0.2, -0.15) is 0 Å². The number of hydrogen-bond donors (Lipinski definition) is 0. The van der Waals surface area contributed by atoms with Crippen molar-refractivity contribution < 1.29 is 0 Å². The summed E-state index contributed by atoms with van der Waals surface area (Å²) < 4.78 is 4.89. The highest BCUT2D eigenvalue weighted by atomic mass is 15.0. The lowest BCUT2D eigenvalue weighted by Gasteiger charge is -2.14. The van der Waals surface area contributed by atoms with E-state index in [1.54, 1.807) is 0 Å². The Morgan fingerprint density at radius 2 is 1.08 bits per heavy atom. The van der Waals surface area contributed by atoms with Crippen LogP contribution in [-0.2, 0) is 0 Å². The zero-order chi connectivity index (χ0) is 33.9. The number of nitrogens with zero attached hydrogens (tertiary/aromatic N) is 3. The summed E-state index contributed by atoms with van der Waals surface area (Å²) in [5.74, 6) is 0. The average Bonchev–Trinajstić information content (AvgIpc) is 3.85. The first-order chi connectivity index (χ1) is 25.8. The summed E-state index contributed by atoms with van der Waals surface area (Å²) in [5.41, 5.74) is 14.7.